The maximum Gasteiger partial charge on any atom is 0.338 e. The molecule has 0 fully saturated rings. The maximum absolute atomic E-state index is 13.2. The Bertz CT molecular complexity index is 1400. The van der Waals surface area contributed by atoms with Crippen molar-refractivity contribution < 1.29 is 17.9 Å². The predicted octanol–water partition coefficient (Wildman–Crippen LogP) is 3.98. The van der Waals surface area contributed by atoms with Crippen LogP contribution in [0, 0.1) is 0 Å². The third kappa shape index (κ3) is 4.12. The number of aromatic nitrogens is 2. The molecule has 0 atom stereocenters. The Balaban J connectivity index is 1.29. The largest absolute Gasteiger partial charge is 0.457 e. The van der Waals surface area contributed by atoms with Gasteiger partial charge in [-0.3, -0.25) is 4.31 Å². The van der Waals surface area contributed by atoms with E-state index < -0.39 is 16.0 Å². The lowest BCUT2D eigenvalue weighted by atomic mass is 10.2. The highest BCUT2D eigenvalue weighted by Crippen LogP contribution is 2.32. The number of hydrogen-bond acceptors (Lipinski definition) is 5. The molecule has 0 amide bonds. The highest BCUT2D eigenvalue weighted by atomic mass is 32.2. The van der Waals surface area contributed by atoms with Crippen LogP contribution in [0.5, 0.6) is 0 Å². The molecule has 3 aromatic carbocycles. The molecule has 1 aliphatic heterocycles. The van der Waals surface area contributed by atoms with Crippen molar-refractivity contribution in [3.05, 3.63) is 108 Å². The van der Waals surface area contributed by atoms with E-state index in [-0.39, 0.29) is 17.1 Å². The zero-order valence-corrected chi connectivity index (χ0v) is 18.5. The monoisotopic (exact) mass is 459 g/mol. The second-order valence-corrected chi connectivity index (χ2v) is 9.54. The quantitative estimate of drug-likeness (QED) is 0.408. The minimum atomic E-state index is -3.78. The predicted molar refractivity (Wildman–Crippen MR) is 124 cm³/mol. The summed E-state index contributed by atoms with van der Waals surface area (Å²) in [6.45, 7) is 0.458. The number of fused-ring (bicyclic) bond motifs is 1. The molecule has 1 aliphatic rings. The first kappa shape index (κ1) is 21.0. The van der Waals surface area contributed by atoms with E-state index in [2.05, 4.69) is 5.10 Å². The maximum atomic E-state index is 13.2. The molecule has 1 aromatic heterocycles. The third-order valence-electron chi connectivity index (χ3n) is 5.58. The van der Waals surface area contributed by atoms with Crippen LogP contribution in [0.25, 0.3) is 5.69 Å². The molecule has 33 heavy (non-hydrogen) atoms. The van der Waals surface area contributed by atoms with Gasteiger partial charge < -0.3 is 4.74 Å². The number of ether oxygens (including phenoxy) is 1. The first-order valence-electron chi connectivity index (χ1n) is 10.5. The van der Waals surface area contributed by atoms with Gasteiger partial charge in [0.05, 0.1) is 21.8 Å². The minimum Gasteiger partial charge on any atom is -0.457 e. The molecule has 8 heteroatoms. The summed E-state index contributed by atoms with van der Waals surface area (Å²) in [6, 6.07) is 22.8. The van der Waals surface area contributed by atoms with E-state index in [1.165, 1.54) is 16.4 Å². The lowest BCUT2D eigenvalue weighted by molar-refractivity contribution is 0.0472. The smallest absolute Gasteiger partial charge is 0.338 e. The van der Waals surface area contributed by atoms with Crippen LogP contribution in [-0.2, 0) is 27.8 Å². The highest BCUT2D eigenvalue weighted by molar-refractivity contribution is 7.92. The summed E-state index contributed by atoms with van der Waals surface area (Å²) in [4.78, 5) is 12.7. The molecular weight excluding hydrogens is 438 g/mol. The Morgan fingerprint density at radius 2 is 1.79 bits per heavy atom. The molecule has 0 saturated heterocycles. The van der Waals surface area contributed by atoms with Gasteiger partial charge in [0.15, 0.2) is 0 Å². The van der Waals surface area contributed by atoms with E-state index >= 15 is 0 Å². The van der Waals surface area contributed by atoms with Crippen LogP contribution in [0.2, 0.25) is 0 Å². The number of hydrogen-bond donors (Lipinski definition) is 0. The summed E-state index contributed by atoms with van der Waals surface area (Å²) in [6.07, 6.45) is 4.21. The Morgan fingerprint density at radius 3 is 2.58 bits per heavy atom. The topological polar surface area (TPSA) is 81.5 Å². The average molecular weight is 460 g/mol. The fraction of sp³-hybridized carbons (Fsp3) is 0.120. The van der Waals surface area contributed by atoms with Gasteiger partial charge in [-0.15, -0.1) is 0 Å². The van der Waals surface area contributed by atoms with E-state index in [4.69, 9.17) is 4.74 Å². The van der Waals surface area contributed by atoms with Gasteiger partial charge in [-0.2, -0.15) is 5.10 Å². The van der Waals surface area contributed by atoms with Crippen molar-refractivity contribution in [3.8, 4) is 5.69 Å². The Kier molecular flexibility index (Phi) is 5.43. The van der Waals surface area contributed by atoms with Gasteiger partial charge in [-0.1, -0.05) is 36.4 Å². The summed E-state index contributed by atoms with van der Waals surface area (Å²) in [5.41, 5.74) is 3.59. The van der Waals surface area contributed by atoms with Crippen molar-refractivity contribution in [1.29, 1.82) is 0 Å². The van der Waals surface area contributed by atoms with Gasteiger partial charge in [-0.25, -0.2) is 17.9 Å². The summed E-state index contributed by atoms with van der Waals surface area (Å²) < 4.78 is 35.1. The van der Waals surface area contributed by atoms with Crippen LogP contribution in [0.3, 0.4) is 0 Å². The van der Waals surface area contributed by atoms with Crippen LogP contribution < -0.4 is 4.31 Å². The van der Waals surface area contributed by atoms with Gasteiger partial charge in [0.25, 0.3) is 10.0 Å². The number of benzene rings is 3. The summed E-state index contributed by atoms with van der Waals surface area (Å²) in [5.74, 6) is -0.579. The normalized spacial score (nSPS) is 13.0. The van der Waals surface area contributed by atoms with Crippen molar-refractivity contribution in [3.63, 3.8) is 0 Å². The van der Waals surface area contributed by atoms with Crippen LogP contribution in [-0.4, -0.2) is 30.7 Å². The van der Waals surface area contributed by atoms with E-state index in [0.29, 0.717) is 18.7 Å². The molecule has 0 unspecified atom stereocenters. The molecule has 0 aliphatic carbocycles. The van der Waals surface area contributed by atoms with E-state index in [9.17, 15) is 13.2 Å². The molecule has 4 aromatic rings. The number of carbonyl (C=O) groups excluding carboxylic acids is 1. The highest BCUT2D eigenvalue weighted by Gasteiger charge is 2.31. The lowest BCUT2D eigenvalue weighted by Crippen LogP contribution is -2.29. The fourth-order valence-electron chi connectivity index (χ4n) is 3.87. The molecule has 0 spiro atoms. The summed E-state index contributed by atoms with van der Waals surface area (Å²) >= 11 is 0. The summed E-state index contributed by atoms with van der Waals surface area (Å²) in [5, 5.41) is 4.18. The van der Waals surface area contributed by atoms with E-state index in [1.807, 2.05) is 54.7 Å². The van der Waals surface area contributed by atoms with Crippen molar-refractivity contribution in [2.24, 2.45) is 0 Å². The Labute approximate surface area is 191 Å². The SMILES string of the molecule is O=C(OCc1ccc(-n2cccn2)cc1)c1cccc(S(=O)(=O)N2CCc3ccccc32)c1. The number of anilines is 1. The van der Waals surface area contributed by atoms with Crippen LogP contribution in [0.4, 0.5) is 5.69 Å². The van der Waals surface area contributed by atoms with Gasteiger partial charge >= 0.3 is 5.97 Å². The molecule has 0 bridgehead atoms. The standard InChI is InChI=1S/C25H21N3O4S/c29-25(32-18-19-9-11-22(12-10-19)27-15-4-14-26-27)21-6-3-7-23(17-21)33(30,31)28-16-13-20-5-1-2-8-24(20)28/h1-12,14-15,17H,13,16,18H2. The molecule has 2 heterocycles. The Hall–Kier alpha value is -3.91. The number of esters is 1. The van der Waals surface area contributed by atoms with Gasteiger partial charge in [0.2, 0.25) is 0 Å². The van der Waals surface area contributed by atoms with Crippen molar-refractivity contribution in [2.75, 3.05) is 10.8 Å². The van der Waals surface area contributed by atoms with Crippen LogP contribution in [0.15, 0.2) is 96.2 Å². The fourth-order valence-corrected chi connectivity index (χ4v) is 5.42. The van der Waals surface area contributed by atoms with Gasteiger partial charge in [0.1, 0.15) is 6.61 Å². The zero-order chi connectivity index (χ0) is 22.8. The van der Waals surface area contributed by atoms with Gasteiger partial charge in [0, 0.05) is 18.9 Å². The third-order valence-corrected chi connectivity index (χ3v) is 7.39. The Morgan fingerprint density at radius 1 is 0.970 bits per heavy atom. The van der Waals surface area contributed by atoms with Crippen molar-refractivity contribution >= 4 is 21.7 Å². The molecular formula is C25H21N3O4S. The number of para-hydroxylation sites is 1. The van der Waals surface area contributed by atoms with E-state index in [0.717, 1.165) is 16.8 Å². The molecule has 0 N–H and O–H groups in total. The van der Waals surface area contributed by atoms with Crippen LogP contribution >= 0.6 is 0 Å². The second-order valence-electron chi connectivity index (χ2n) is 7.68. The van der Waals surface area contributed by atoms with Crippen LogP contribution in [0.1, 0.15) is 21.5 Å². The molecule has 0 radical (unpaired) electrons. The number of carbonyl (C=O) groups is 1. The van der Waals surface area contributed by atoms with E-state index in [1.54, 1.807) is 29.1 Å². The first-order chi connectivity index (χ1) is 16.0. The van der Waals surface area contributed by atoms with Crippen molar-refractivity contribution in [1.82, 2.24) is 9.78 Å². The number of nitrogens with zero attached hydrogens (tertiary/aromatic N) is 3. The lowest BCUT2D eigenvalue weighted by Gasteiger charge is -2.19. The number of rotatable bonds is 6. The second kappa shape index (κ2) is 8.55. The molecule has 5 rings (SSSR count). The first-order valence-corrected chi connectivity index (χ1v) is 11.9. The molecule has 166 valence electrons. The number of sulfonamides is 1. The molecule has 0 saturated carbocycles. The summed E-state index contributed by atoms with van der Waals surface area (Å²) in [7, 11) is -3.78. The zero-order valence-electron chi connectivity index (χ0n) is 17.7. The molecule has 7 nitrogen and oxygen atoms in total. The average Bonchev–Trinajstić information content (AvgIpc) is 3.54. The van der Waals surface area contributed by atoms with Gasteiger partial charge in [-0.05, 0) is 60.0 Å². The minimum absolute atomic E-state index is 0.0669. The van der Waals surface area contributed by atoms with Crippen molar-refractivity contribution in [2.45, 2.75) is 17.9 Å².